The van der Waals surface area contributed by atoms with Crippen LogP contribution in [0.5, 0.6) is 0 Å². The molecule has 0 atom stereocenters. The molecule has 0 N–H and O–H groups in total. The molecule has 0 heterocycles. The summed E-state index contributed by atoms with van der Waals surface area (Å²) in [6.07, 6.45) is 46.5. The molecule has 0 radical (unpaired) electrons. The van der Waals surface area contributed by atoms with Crippen LogP contribution < -0.4 is 0 Å². The standard InChI is InChI=1S/C38H80N2/c1-5-7-9-11-13-15-17-19-21-23-25-27-29-31-33-35-37-40(39(3)4)38-36-34-32-30-28-26-24-22-20-18-16-14-12-10-8-6-2/h5-38H2,1-4H3. The Hall–Kier alpha value is -0.0800. The van der Waals surface area contributed by atoms with Crippen LogP contribution in [0.1, 0.15) is 219 Å². The molecule has 40 heavy (non-hydrogen) atoms. The van der Waals surface area contributed by atoms with Crippen molar-refractivity contribution in [1.82, 2.24) is 10.0 Å². The van der Waals surface area contributed by atoms with Gasteiger partial charge in [0, 0.05) is 27.2 Å². The van der Waals surface area contributed by atoms with E-state index in [9.17, 15) is 0 Å². The van der Waals surface area contributed by atoms with Gasteiger partial charge in [0.05, 0.1) is 0 Å². The van der Waals surface area contributed by atoms with E-state index in [0.717, 1.165) is 0 Å². The molecule has 0 saturated carbocycles. The second-order valence-electron chi connectivity index (χ2n) is 13.4. The van der Waals surface area contributed by atoms with Crippen LogP contribution in [0.2, 0.25) is 0 Å². The largest absolute Gasteiger partial charge is 0.248 e. The first kappa shape index (κ1) is 39.9. The van der Waals surface area contributed by atoms with Gasteiger partial charge in [0.15, 0.2) is 0 Å². The number of hydrazine groups is 1. The summed E-state index contributed by atoms with van der Waals surface area (Å²) in [5.41, 5.74) is 0. The average Bonchev–Trinajstić information content (AvgIpc) is 2.95. The van der Waals surface area contributed by atoms with Gasteiger partial charge in [0.1, 0.15) is 0 Å². The lowest BCUT2D eigenvalue weighted by Gasteiger charge is -2.29. The quantitative estimate of drug-likeness (QED) is 0.0558. The lowest BCUT2D eigenvalue weighted by molar-refractivity contribution is 0.0216. The first-order valence-corrected chi connectivity index (χ1v) is 19.1. The molecule has 0 bridgehead atoms. The Morgan fingerprint density at radius 2 is 0.425 bits per heavy atom. The molecule has 0 aromatic carbocycles. The Morgan fingerprint density at radius 3 is 0.600 bits per heavy atom. The number of hydrogen-bond donors (Lipinski definition) is 0. The molecule has 0 unspecified atom stereocenters. The van der Waals surface area contributed by atoms with E-state index in [1.165, 1.54) is 219 Å². The predicted molar refractivity (Wildman–Crippen MR) is 184 cm³/mol. The van der Waals surface area contributed by atoms with Gasteiger partial charge in [-0.25, -0.2) is 10.0 Å². The number of hydrogen-bond acceptors (Lipinski definition) is 2. The SMILES string of the molecule is CCCCCCCCCCCCCCCCCCN(CCCCCCCCCCCCCCCCCC)N(C)C. The van der Waals surface area contributed by atoms with E-state index in [1.807, 2.05) is 0 Å². The Bertz CT molecular complexity index is 399. The minimum atomic E-state index is 1.25. The van der Waals surface area contributed by atoms with Gasteiger partial charge in [-0.05, 0) is 12.8 Å². The van der Waals surface area contributed by atoms with Crippen molar-refractivity contribution < 1.29 is 0 Å². The van der Waals surface area contributed by atoms with E-state index in [2.05, 4.69) is 38.0 Å². The van der Waals surface area contributed by atoms with Gasteiger partial charge in [-0.1, -0.05) is 206 Å². The zero-order valence-corrected chi connectivity index (χ0v) is 28.9. The molecule has 242 valence electrons. The topological polar surface area (TPSA) is 6.48 Å². The molecule has 0 saturated heterocycles. The molecule has 2 nitrogen and oxygen atoms in total. The van der Waals surface area contributed by atoms with E-state index in [0.29, 0.717) is 0 Å². The zero-order valence-electron chi connectivity index (χ0n) is 28.9. The molecule has 0 aromatic heterocycles. The average molecular weight is 565 g/mol. The highest BCUT2D eigenvalue weighted by Gasteiger charge is 2.06. The molecule has 0 aromatic rings. The fourth-order valence-electron chi connectivity index (χ4n) is 6.20. The second kappa shape index (κ2) is 35.1. The fourth-order valence-corrected chi connectivity index (χ4v) is 6.20. The third kappa shape index (κ3) is 32.4. The van der Waals surface area contributed by atoms with Crippen molar-refractivity contribution in [2.45, 2.75) is 219 Å². The van der Waals surface area contributed by atoms with E-state index in [1.54, 1.807) is 0 Å². The second-order valence-corrected chi connectivity index (χ2v) is 13.4. The first-order valence-electron chi connectivity index (χ1n) is 19.1. The predicted octanol–water partition coefficient (Wildman–Crippen LogP) is 13.3. The van der Waals surface area contributed by atoms with Crippen molar-refractivity contribution in [2.75, 3.05) is 27.2 Å². The summed E-state index contributed by atoms with van der Waals surface area (Å²) >= 11 is 0. The lowest BCUT2D eigenvalue weighted by atomic mass is 10.0. The number of nitrogens with zero attached hydrogens (tertiary/aromatic N) is 2. The van der Waals surface area contributed by atoms with Gasteiger partial charge >= 0.3 is 0 Å². The van der Waals surface area contributed by atoms with Crippen molar-refractivity contribution in [3.8, 4) is 0 Å². The molecular formula is C38H80N2. The Labute approximate surface area is 256 Å². The van der Waals surface area contributed by atoms with Gasteiger partial charge in [-0.2, -0.15) is 0 Å². The minimum absolute atomic E-state index is 1.25. The maximum Gasteiger partial charge on any atom is 0.0133 e. The Balaban J connectivity index is 3.37. The van der Waals surface area contributed by atoms with E-state index >= 15 is 0 Å². The zero-order chi connectivity index (χ0) is 29.2. The smallest absolute Gasteiger partial charge is 0.0133 e. The van der Waals surface area contributed by atoms with Crippen molar-refractivity contribution in [1.29, 1.82) is 0 Å². The highest BCUT2D eigenvalue weighted by Crippen LogP contribution is 2.16. The van der Waals surface area contributed by atoms with Crippen molar-refractivity contribution in [3.05, 3.63) is 0 Å². The van der Waals surface area contributed by atoms with Gasteiger partial charge in [0.25, 0.3) is 0 Å². The fraction of sp³-hybridized carbons (Fsp3) is 1.00. The van der Waals surface area contributed by atoms with Crippen LogP contribution in [-0.4, -0.2) is 37.2 Å². The summed E-state index contributed by atoms with van der Waals surface area (Å²) in [7, 11) is 4.47. The Kier molecular flexibility index (Phi) is 35.0. The summed E-state index contributed by atoms with van der Waals surface area (Å²) in [5.74, 6) is 0. The summed E-state index contributed by atoms with van der Waals surface area (Å²) in [6.45, 7) is 7.12. The monoisotopic (exact) mass is 565 g/mol. The van der Waals surface area contributed by atoms with Crippen molar-refractivity contribution in [2.24, 2.45) is 0 Å². The van der Waals surface area contributed by atoms with Gasteiger partial charge in [-0.3, -0.25) is 0 Å². The number of rotatable bonds is 35. The van der Waals surface area contributed by atoms with Crippen LogP contribution in [0.4, 0.5) is 0 Å². The third-order valence-corrected chi connectivity index (χ3v) is 9.11. The lowest BCUT2D eigenvalue weighted by Crippen LogP contribution is -2.38. The van der Waals surface area contributed by atoms with Crippen molar-refractivity contribution in [3.63, 3.8) is 0 Å². The summed E-state index contributed by atoms with van der Waals surface area (Å²) in [5, 5.41) is 4.93. The molecule has 2 heteroatoms. The van der Waals surface area contributed by atoms with Crippen LogP contribution in [0.15, 0.2) is 0 Å². The first-order chi connectivity index (χ1) is 19.7. The van der Waals surface area contributed by atoms with E-state index < -0.39 is 0 Å². The Morgan fingerprint density at radius 1 is 0.250 bits per heavy atom. The van der Waals surface area contributed by atoms with Crippen LogP contribution in [0.3, 0.4) is 0 Å². The highest BCUT2D eigenvalue weighted by molar-refractivity contribution is 4.56. The molecular weight excluding hydrogens is 484 g/mol. The highest BCUT2D eigenvalue weighted by atomic mass is 15.6. The molecule has 0 rings (SSSR count). The van der Waals surface area contributed by atoms with E-state index in [-0.39, 0.29) is 0 Å². The van der Waals surface area contributed by atoms with Crippen LogP contribution in [0.25, 0.3) is 0 Å². The van der Waals surface area contributed by atoms with Crippen molar-refractivity contribution >= 4 is 0 Å². The van der Waals surface area contributed by atoms with E-state index in [4.69, 9.17) is 0 Å². The molecule has 0 aliphatic carbocycles. The van der Waals surface area contributed by atoms with Crippen LogP contribution >= 0.6 is 0 Å². The maximum absolute atomic E-state index is 2.59. The molecule has 0 aliphatic rings. The third-order valence-electron chi connectivity index (χ3n) is 9.11. The molecule has 0 amide bonds. The normalized spacial score (nSPS) is 11.8. The molecule has 0 aliphatic heterocycles. The van der Waals surface area contributed by atoms with Gasteiger partial charge < -0.3 is 0 Å². The van der Waals surface area contributed by atoms with Crippen LogP contribution in [0, 0.1) is 0 Å². The summed E-state index contributed by atoms with van der Waals surface area (Å²) < 4.78 is 0. The van der Waals surface area contributed by atoms with Gasteiger partial charge in [0.2, 0.25) is 0 Å². The maximum atomic E-state index is 2.59. The summed E-state index contributed by atoms with van der Waals surface area (Å²) in [6, 6.07) is 0. The van der Waals surface area contributed by atoms with Crippen LogP contribution in [-0.2, 0) is 0 Å². The molecule has 0 fully saturated rings. The molecule has 0 spiro atoms. The summed E-state index contributed by atoms with van der Waals surface area (Å²) in [4.78, 5) is 0. The minimum Gasteiger partial charge on any atom is -0.248 e. The number of unbranched alkanes of at least 4 members (excludes halogenated alkanes) is 30. The van der Waals surface area contributed by atoms with Gasteiger partial charge in [-0.15, -0.1) is 0 Å².